The molecule has 0 spiro atoms. The lowest BCUT2D eigenvalue weighted by atomic mass is 9.82. The molecule has 1 aliphatic heterocycles. The highest BCUT2D eigenvalue weighted by Crippen LogP contribution is 2.52. The van der Waals surface area contributed by atoms with Crippen LogP contribution in [0.2, 0.25) is 0 Å². The molecule has 0 bridgehead atoms. The summed E-state index contributed by atoms with van der Waals surface area (Å²) in [5.74, 6) is 1.90. The van der Waals surface area contributed by atoms with Gasteiger partial charge in [-0.2, -0.15) is 0 Å². The molecule has 0 saturated carbocycles. The molecule has 2 nitrogen and oxygen atoms in total. The molecule has 0 amide bonds. The summed E-state index contributed by atoms with van der Waals surface area (Å²) in [4.78, 5) is 5.04. The highest BCUT2D eigenvalue weighted by molar-refractivity contribution is 6.17. The monoisotopic (exact) mass is 543 g/mol. The van der Waals surface area contributed by atoms with Crippen molar-refractivity contribution in [3.63, 3.8) is 0 Å². The molecule has 0 fully saturated rings. The fourth-order valence-electron chi connectivity index (χ4n) is 6.77. The standard InChI is InChI=1S/C39H45NO/c1-23-15-25(21-38(5,6)7)17-30-28-13-14-40-35-31-18-26-16-24(20-37(2,3)4)11-12-27(26)32(22-39(8,9)10)36(31)41-33(34(28)35)19-29(23)30/h11-19H,20-22H2,1-10H3. The van der Waals surface area contributed by atoms with Crippen molar-refractivity contribution in [1.82, 2.24) is 4.98 Å². The summed E-state index contributed by atoms with van der Waals surface area (Å²) < 4.78 is 6.98. The van der Waals surface area contributed by atoms with E-state index in [0.29, 0.717) is 0 Å². The minimum absolute atomic E-state index is 0.110. The molecular weight excluding hydrogens is 498 g/mol. The average Bonchev–Trinajstić information content (AvgIpc) is 2.82. The quantitative estimate of drug-likeness (QED) is 0.207. The van der Waals surface area contributed by atoms with Crippen molar-refractivity contribution < 1.29 is 4.74 Å². The van der Waals surface area contributed by atoms with Crippen molar-refractivity contribution in [1.29, 1.82) is 0 Å². The van der Waals surface area contributed by atoms with Crippen LogP contribution in [0, 0.1) is 23.2 Å². The molecule has 0 unspecified atom stereocenters. The Balaban J connectivity index is 1.64. The van der Waals surface area contributed by atoms with Gasteiger partial charge in [0.25, 0.3) is 0 Å². The van der Waals surface area contributed by atoms with Crippen molar-refractivity contribution in [3.05, 3.63) is 77.0 Å². The maximum absolute atomic E-state index is 6.98. The second-order valence-electron chi connectivity index (χ2n) is 16.1. The van der Waals surface area contributed by atoms with Gasteiger partial charge in [-0.15, -0.1) is 0 Å². The van der Waals surface area contributed by atoms with Gasteiger partial charge < -0.3 is 4.74 Å². The summed E-state index contributed by atoms with van der Waals surface area (Å²) >= 11 is 0. The van der Waals surface area contributed by atoms with E-state index >= 15 is 0 Å². The van der Waals surface area contributed by atoms with E-state index < -0.39 is 0 Å². The first-order valence-electron chi connectivity index (χ1n) is 15.2. The number of ether oxygens (including phenoxy) is 1. The lowest BCUT2D eigenvalue weighted by molar-refractivity contribution is 0.400. The molecule has 5 aromatic rings. The van der Waals surface area contributed by atoms with Crippen molar-refractivity contribution in [2.75, 3.05) is 0 Å². The van der Waals surface area contributed by atoms with E-state index in [0.717, 1.165) is 47.4 Å². The lowest BCUT2D eigenvalue weighted by Crippen LogP contribution is -2.13. The summed E-state index contributed by atoms with van der Waals surface area (Å²) in [6.07, 6.45) is 5.01. The number of pyridine rings is 1. The number of hydrogen-bond donors (Lipinski definition) is 0. The minimum Gasteiger partial charge on any atom is -0.456 e. The van der Waals surface area contributed by atoms with E-state index in [-0.39, 0.29) is 16.2 Å². The number of aryl methyl sites for hydroxylation is 1. The third kappa shape index (κ3) is 5.34. The van der Waals surface area contributed by atoms with Crippen LogP contribution in [0.1, 0.15) is 84.6 Å². The Hall–Kier alpha value is -3.39. The van der Waals surface area contributed by atoms with Gasteiger partial charge in [-0.1, -0.05) is 92.6 Å². The topological polar surface area (TPSA) is 22.1 Å². The van der Waals surface area contributed by atoms with Crippen LogP contribution in [-0.4, -0.2) is 4.98 Å². The second kappa shape index (κ2) is 9.31. The van der Waals surface area contributed by atoms with Gasteiger partial charge in [0.1, 0.15) is 11.5 Å². The summed E-state index contributed by atoms with van der Waals surface area (Å²) in [7, 11) is 0. The maximum atomic E-state index is 6.98. The smallest absolute Gasteiger partial charge is 0.140 e. The molecule has 1 aliphatic rings. The Morgan fingerprint density at radius 2 is 1.32 bits per heavy atom. The Morgan fingerprint density at radius 3 is 2.00 bits per heavy atom. The lowest BCUT2D eigenvalue weighted by Gasteiger charge is -2.28. The first-order chi connectivity index (χ1) is 19.1. The molecule has 1 aromatic heterocycles. The van der Waals surface area contributed by atoms with Gasteiger partial charge in [0, 0.05) is 17.3 Å². The van der Waals surface area contributed by atoms with Gasteiger partial charge in [0.05, 0.1) is 11.1 Å². The van der Waals surface area contributed by atoms with Crippen molar-refractivity contribution >= 4 is 32.3 Å². The molecule has 41 heavy (non-hydrogen) atoms. The Morgan fingerprint density at radius 1 is 0.634 bits per heavy atom. The zero-order valence-electron chi connectivity index (χ0n) is 26.7. The first-order valence-corrected chi connectivity index (χ1v) is 15.2. The third-order valence-corrected chi connectivity index (χ3v) is 8.11. The largest absolute Gasteiger partial charge is 0.456 e. The Bertz CT molecular complexity index is 1840. The molecular formula is C39H45NO. The Labute approximate surface area is 246 Å². The van der Waals surface area contributed by atoms with Crippen LogP contribution in [0.15, 0.2) is 54.7 Å². The number of fused-ring (bicyclic) bond motifs is 5. The number of hydrogen-bond acceptors (Lipinski definition) is 2. The molecule has 2 heterocycles. The molecule has 4 aromatic carbocycles. The first kappa shape index (κ1) is 27.8. The van der Waals surface area contributed by atoms with E-state index in [1.807, 2.05) is 6.20 Å². The van der Waals surface area contributed by atoms with Crippen molar-refractivity contribution in [3.8, 4) is 22.8 Å². The second-order valence-corrected chi connectivity index (χ2v) is 16.1. The summed E-state index contributed by atoms with van der Waals surface area (Å²) in [6, 6.07) is 18.6. The molecule has 0 aliphatic carbocycles. The molecule has 2 heteroatoms. The molecule has 212 valence electrons. The van der Waals surface area contributed by atoms with E-state index in [1.165, 1.54) is 49.2 Å². The summed E-state index contributed by atoms with van der Waals surface area (Å²) in [5.41, 5.74) is 8.08. The van der Waals surface area contributed by atoms with Crippen LogP contribution in [0.25, 0.3) is 43.6 Å². The summed E-state index contributed by atoms with van der Waals surface area (Å²) in [5, 5.41) is 7.48. The van der Waals surface area contributed by atoms with Gasteiger partial charge in [-0.3, -0.25) is 4.98 Å². The minimum atomic E-state index is 0.110. The fraction of sp³-hybridized carbons (Fsp3) is 0.410. The highest BCUT2D eigenvalue weighted by atomic mass is 16.5. The van der Waals surface area contributed by atoms with Crippen molar-refractivity contribution in [2.24, 2.45) is 16.2 Å². The van der Waals surface area contributed by atoms with Crippen LogP contribution in [0.3, 0.4) is 0 Å². The van der Waals surface area contributed by atoms with Crippen molar-refractivity contribution in [2.45, 2.75) is 88.5 Å². The van der Waals surface area contributed by atoms with Crippen LogP contribution >= 0.6 is 0 Å². The third-order valence-electron chi connectivity index (χ3n) is 8.11. The normalized spacial score (nSPS) is 13.6. The molecule has 0 N–H and O–H groups in total. The van der Waals surface area contributed by atoms with Crippen LogP contribution in [0.4, 0.5) is 0 Å². The zero-order chi connectivity index (χ0) is 29.5. The van der Waals surface area contributed by atoms with E-state index in [2.05, 4.69) is 118 Å². The van der Waals surface area contributed by atoms with Crippen LogP contribution in [-0.2, 0) is 19.3 Å². The van der Waals surface area contributed by atoms with Crippen LogP contribution < -0.4 is 4.74 Å². The molecule has 0 atom stereocenters. The highest BCUT2D eigenvalue weighted by Gasteiger charge is 2.29. The number of rotatable bonds is 3. The van der Waals surface area contributed by atoms with E-state index in [9.17, 15) is 0 Å². The van der Waals surface area contributed by atoms with Gasteiger partial charge >= 0.3 is 0 Å². The van der Waals surface area contributed by atoms with E-state index in [4.69, 9.17) is 9.72 Å². The Kier molecular flexibility index (Phi) is 6.31. The number of aromatic nitrogens is 1. The number of nitrogens with zero attached hydrogens (tertiary/aromatic N) is 1. The molecule has 6 rings (SSSR count). The molecule has 0 radical (unpaired) electrons. The SMILES string of the molecule is Cc1cc(CC(C)(C)C)cc2c1cc1c3c(nccc32)-c2cc3cc(CC(C)(C)C)ccc3c(CC(C)(C)C)c2O1. The predicted octanol–water partition coefficient (Wildman–Crippen LogP) is 11.4. The predicted molar refractivity (Wildman–Crippen MR) is 176 cm³/mol. The van der Waals surface area contributed by atoms with Gasteiger partial charge in [0.15, 0.2) is 0 Å². The average molecular weight is 544 g/mol. The van der Waals surface area contributed by atoms with Gasteiger partial charge in [0.2, 0.25) is 0 Å². The maximum Gasteiger partial charge on any atom is 0.140 e. The van der Waals surface area contributed by atoms with Gasteiger partial charge in [-0.25, -0.2) is 0 Å². The fourth-order valence-corrected chi connectivity index (χ4v) is 6.77. The summed E-state index contributed by atoms with van der Waals surface area (Å²) in [6.45, 7) is 23.0. The van der Waals surface area contributed by atoms with E-state index in [1.54, 1.807) is 0 Å². The zero-order valence-corrected chi connectivity index (χ0v) is 26.7. The van der Waals surface area contributed by atoms with Crippen LogP contribution in [0.5, 0.6) is 11.5 Å². The number of benzene rings is 4. The van der Waals surface area contributed by atoms with Gasteiger partial charge in [-0.05, 0) is 104 Å². The molecule has 0 saturated heterocycles.